The van der Waals surface area contributed by atoms with Crippen molar-refractivity contribution in [2.75, 3.05) is 13.2 Å². The van der Waals surface area contributed by atoms with E-state index in [1.165, 1.54) is 11.1 Å². The van der Waals surface area contributed by atoms with Crippen LogP contribution in [0, 0.1) is 11.3 Å². The first-order valence-corrected chi connectivity index (χ1v) is 12.6. The topological polar surface area (TPSA) is 105 Å². The molecule has 0 radical (unpaired) electrons. The first-order chi connectivity index (χ1) is 17.0. The molecule has 7 heteroatoms. The molecule has 5 rings (SSSR count). The van der Waals surface area contributed by atoms with Crippen molar-refractivity contribution >= 4 is 18.0 Å². The maximum absolute atomic E-state index is 13.1. The van der Waals surface area contributed by atoms with Crippen molar-refractivity contribution in [3.05, 3.63) is 59.7 Å². The van der Waals surface area contributed by atoms with E-state index in [4.69, 9.17) is 4.74 Å². The predicted octanol–water partition coefficient (Wildman–Crippen LogP) is 4.46. The van der Waals surface area contributed by atoms with Crippen LogP contribution < -0.4 is 10.6 Å². The summed E-state index contributed by atoms with van der Waals surface area (Å²) in [7, 11) is 0. The molecule has 3 aliphatic carbocycles. The molecule has 184 valence electrons. The standard InChI is InChI=1S/C28H32N2O5/c31-25(32)22-12-5-6-13-24(22)30-26(33)28(14-7-15-28)17-29-27(34)35-16-23-20-10-3-1-8-18(20)19-9-2-4-11-21(19)23/h1-4,8-11,22-24H,5-7,12-17H2,(H,29,34)(H,30,33)(H,31,32). The van der Waals surface area contributed by atoms with Gasteiger partial charge in [-0.1, -0.05) is 67.8 Å². The van der Waals surface area contributed by atoms with Crippen LogP contribution in [-0.2, 0) is 14.3 Å². The molecule has 0 heterocycles. The van der Waals surface area contributed by atoms with Gasteiger partial charge in [0.25, 0.3) is 0 Å². The number of benzene rings is 2. The average molecular weight is 477 g/mol. The molecule has 0 saturated heterocycles. The summed E-state index contributed by atoms with van der Waals surface area (Å²) in [6, 6.07) is 16.0. The summed E-state index contributed by atoms with van der Waals surface area (Å²) in [4.78, 5) is 37.4. The van der Waals surface area contributed by atoms with E-state index in [-0.39, 0.29) is 31.0 Å². The zero-order chi connectivity index (χ0) is 24.4. The van der Waals surface area contributed by atoms with E-state index in [0.717, 1.165) is 30.4 Å². The molecule has 3 aliphatic rings. The van der Waals surface area contributed by atoms with Crippen LogP contribution in [0.5, 0.6) is 0 Å². The third kappa shape index (κ3) is 4.51. The number of hydrogen-bond acceptors (Lipinski definition) is 4. The number of carboxylic acids is 1. The van der Waals surface area contributed by atoms with E-state index < -0.39 is 23.4 Å². The Morgan fingerprint density at radius 2 is 1.54 bits per heavy atom. The lowest BCUT2D eigenvalue weighted by Crippen LogP contribution is -2.56. The summed E-state index contributed by atoms with van der Waals surface area (Å²) in [6.45, 7) is 0.418. The molecule has 2 aromatic carbocycles. The SMILES string of the molecule is O=C(NCC1(C(=O)NC2CCCCC2C(=O)O)CCC1)OCC1c2ccccc2-c2ccccc21. The number of amides is 2. The fourth-order valence-corrected chi connectivity index (χ4v) is 5.90. The number of fused-ring (bicyclic) bond motifs is 3. The lowest BCUT2D eigenvalue weighted by molar-refractivity contribution is -0.145. The third-order valence-corrected chi connectivity index (χ3v) is 8.11. The smallest absolute Gasteiger partial charge is 0.407 e. The van der Waals surface area contributed by atoms with Gasteiger partial charge in [0.05, 0.1) is 11.3 Å². The molecule has 0 aliphatic heterocycles. The van der Waals surface area contributed by atoms with Gasteiger partial charge in [-0.25, -0.2) is 4.79 Å². The van der Waals surface area contributed by atoms with Crippen LogP contribution in [-0.4, -0.2) is 42.3 Å². The molecule has 2 amide bonds. The summed E-state index contributed by atoms with van der Waals surface area (Å²) in [5, 5.41) is 15.3. The quantitative estimate of drug-likeness (QED) is 0.547. The Bertz CT molecular complexity index is 1080. The van der Waals surface area contributed by atoms with Gasteiger partial charge in [0.1, 0.15) is 6.61 Å². The van der Waals surface area contributed by atoms with Crippen LogP contribution in [0.4, 0.5) is 4.79 Å². The van der Waals surface area contributed by atoms with Crippen molar-refractivity contribution in [3.8, 4) is 11.1 Å². The van der Waals surface area contributed by atoms with Crippen LogP contribution in [0.1, 0.15) is 62.0 Å². The van der Waals surface area contributed by atoms with Gasteiger partial charge in [0.2, 0.25) is 5.91 Å². The maximum atomic E-state index is 13.1. The lowest BCUT2D eigenvalue weighted by Gasteiger charge is -2.42. The number of alkyl carbamates (subject to hydrolysis) is 1. The van der Waals surface area contributed by atoms with Gasteiger partial charge in [-0.15, -0.1) is 0 Å². The highest BCUT2D eigenvalue weighted by Gasteiger charge is 2.46. The Labute approximate surface area is 205 Å². The minimum Gasteiger partial charge on any atom is -0.481 e. The largest absolute Gasteiger partial charge is 0.481 e. The van der Waals surface area contributed by atoms with Crippen molar-refractivity contribution in [2.24, 2.45) is 11.3 Å². The van der Waals surface area contributed by atoms with E-state index in [0.29, 0.717) is 25.7 Å². The fourth-order valence-electron chi connectivity index (χ4n) is 5.90. The van der Waals surface area contributed by atoms with Crippen molar-refractivity contribution in [1.29, 1.82) is 0 Å². The van der Waals surface area contributed by atoms with Crippen molar-refractivity contribution in [3.63, 3.8) is 0 Å². The van der Waals surface area contributed by atoms with E-state index in [1.807, 2.05) is 24.3 Å². The minimum absolute atomic E-state index is 0.0200. The van der Waals surface area contributed by atoms with Gasteiger partial charge in [-0.3, -0.25) is 9.59 Å². The summed E-state index contributed by atoms with van der Waals surface area (Å²) in [6.07, 6.45) is 4.78. The van der Waals surface area contributed by atoms with Crippen LogP contribution in [0.15, 0.2) is 48.5 Å². The number of carbonyl (C=O) groups is 3. The van der Waals surface area contributed by atoms with Crippen molar-refractivity contribution in [2.45, 2.75) is 56.9 Å². The molecular formula is C28H32N2O5. The first-order valence-electron chi connectivity index (χ1n) is 12.6. The van der Waals surface area contributed by atoms with Gasteiger partial charge in [0, 0.05) is 18.5 Å². The molecule has 2 atom stereocenters. The second-order valence-corrected chi connectivity index (χ2v) is 10.1. The van der Waals surface area contributed by atoms with E-state index >= 15 is 0 Å². The van der Waals surface area contributed by atoms with E-state index in [2.05, 4.69) is 34.9 Å². The molecule has 2 saturated carbocycles. The molecule has 0 spiro atoms. The molecule has 7 nitrogen and oxygen atoms in total. The zero-order valence-corrected chi connectivity index (χ0v) is 19.8. The average Bonchev–Trinajstić information content (AvgIpc) is 3.16. The van der Waals surface area contributed by atoms with Crippen LogP contribution in [0.3, 0.4) is 0 Å². The Hall–Kier alpha value is -3.35. The molecule has 35 heavy (non-hydrogen) atoms. The van der Waals surface area contributed by atoms with Crippen LogP contribution >= 0.6 is 0 Å². The van der Waals surface area contributed by atoms with Crippen LogP contribution in [0.25, 0.3) is 11.1 Å². The fraction of sp³-hybridized carbons (Fsp3) is 0.464. The number of nitrogens with one attached hydrogen (secondary N) is 2. The van der Waals surface area contributed by atoms with Crippen LogP contribution in [0.2, 0.25) is 0 Å². The second kappa shape index (κ2) is 9.72. The Kier molecular flexibility index (Phi) is 6.50. The summed E-state index contributed by atoms with van der Waals surface area (Å²) in [5.41, 5.74) is 3.95. The molecule has 2 unspecified atom stereocenters. The number of carboxylic acid groups (broad SMARTS) is 1. The van der Waals surface area contributed by atoms with Gasteiger partial charge >= 0.3 is 12.1 Å². The second-order valence-electron chi connectivity index (χ2n) is 10.1. The van der Waals surface area contributed by atoms with Crippen molar-refractivity contribution in [1.82, 2.24) is 10.6 Å². The number of rotatable bonds is 7. The molecule has 0 bridgehead atoms. The number of hydrogen-bond donors (Lipinski definition) is 3. The summed E-state index contributed by atoms with van der Waals surface area (Å²) >= 11 is 0. The Morgan fingerprint density at radius 3 is 2.14 bits per heavy atom. The van der Waals surface area contributed by atoms with E-state index in [9.17, 15) is 19.5 Å². The highest BCUT2D eigenvalue weighted by Crippen LogP contribution is 2.45. The molecule has 0 aromatic heterocycles. The molecule has 2 fully saturated rings. The van der Waals surface area contributed by atoms with Gasteiger partial charge in [-0.2, -0.15) is 0 Å². The van der Waals surface area contributed by atoms with Gasteiger partial charge in [-0.05, 0) is 47.9 Å². The molecular weight excluding hydrogens is 444 g/mol. The zero-order valence-electron chi connectivity index (χ0n) is 19.8. The predicted molar refractivity (Wildman–Crippen MR) is 131 cm³/mol. The number of ether oxygens (including phenoxy) is 1. The van der Waals surface area contributed by atoms with Gasteiger partial charge < -0.3 is 20.5 Å². The lowest BCUT2D eigenvalue weighted by atomic mass is 9.67. The normalized spacial score (nSPS) is 22.3. The number of carbonyl (C=O) groups excluding carboxylic acids is 2. The summed E-state index contributed by atoms with van der Waals surface area (Å²) < 4.78 is 5.62. The first kappa shape index (κ1) is 23.4. The highest BCUT2D eigenvalue weighted by molar-refractivity contribution is 5.85. The third-order valence-electron chi connectivity index (χ3n) is 8.11. The molecule has 2 aromatic rings. The summed E-state index contributed by atoms with van der Waals surface area (Å²) in [5.74, 6) is -1.57. The molecule has 3 N–H and O–H groups in total. The monoisotopic (exact) mass is 476 g/mol. The van der Waals surface area contributed by atoms with Gasteiger partial charge in [0.15, 0.2) is 0 Å². The minimum atomic E-state index is -0.852. The van der Waals surface area contributed by atoms with E-state index in [1.54, 1.807) is 0 Å². The Morgan fingerprint density at radius 1 is 0.914 bits per heavy atom. The Balaban J connectivity index is 1.18. The highest BCUT2D eigenvalue weighted by atomic mass is 16.5. The number of aliphatic carboxylic acids is 1. The maximum Gasteiger partial charge on any atom is 0.407 e. The van der Waals surface area contributed by atoms with Crippen molar-refractivity contribution < 1.29 is 24.2 Å².